The fourth-order valence-corrected chi connectivity index (χ4v) is 3.38. The highest BCUT2D eigenvalue weighted by Crippen LogP contribution is 2.42. The summed E-state index contributed by atoms with van der Waals surface area (Å²) in [6.45, 7) is 8.98. The fourth-order valence-electron chi connectivity index (χ4n) is 3.38. The van der Waals surface area contributed by atoms with Crippen LogP contribution in [0.1, 0.15) is 46.2 Å². The Morgan fingerprint density at radius 1 is 1.14 bits per heavy atom. The molecule has 7 heteroatoms. The standard InChI is InChI=1S/C21H25F3N2O2/c1-19(2,3)28-16-8-6-7-13-11-14(9-10-15(13)16)17(21(22,23)24)26-12-20(4,5)18(27)25-26/h6-11,17H,12H2,1-5H3,(H,25,27)/t17-/m0/s1. The number of fused-ring (bicyclic) bond motifs is 1. The van der Waals surface area contributed by atoms with Gasteiger partial charge in [0.1, 0.15) is 17.4 Å². The lowest BCUT2D eigenvalue weighted by Crippen LogP contribution is -2.43. The number of alkyl halides is 3. The Kier molecular flexibility index (Phi) is 4.86. The van der Waals surface area contributed by atoms with Crippen molar-refractivity contribution in [3.63, 3.8) is 0 Å². The molecule has 0 saturated carbocycles. The van der Waals surface area contributed by atoms with Gasteiger partial charge in [-0.05, 0) is 57.7 Å². The van der Waals surface area contributed by atoms with Gasteiger partial charge in [0.15, 0.2) is 0 Å². The van der Waals surface area contributed by atoms with Crippen LogP contribution in [0.3, 0.4) is 0 Å². The molecule has 1 amide bonds. The largest absolute Gasteiger partial charge is 0.488 e. The number of nitrogens with zero attached hydrogens (tertiary/aromatic N) is 1. The topological polar surface area (TPSA) is 41.6 Å². The van der Waals surface area contributed by atoms with E-state index < -0.39 is 29.1 Å². The third-order valence-corrected chi connectivity index (χ3v) is 4.64. The van der Waals surface area contributed by atoms with Gasteiger partial charge in [-0.2, -0.15) is 13.2 Å². The first-order valence-electron chi connectivity index (χ1n) is 9.14. The van der Waals surface area contributed by atoms with Crippen LogP contribution in [0.4, 0.5) is 13.2 Å². The lowest BCUT2D eigenvalue weighted by Gasteiger charge is -2.30. The van der Waals surface area contributed by atoms with Gasteiger partial charge in [0.05, 0.1) is 5.41 Å². The molecule has 28 heavy (non-hydrogen) atoms. The van der Waals surface area contributed by atoms with Crippen molar-refractivity contribution < 1.29 is 22.7 Å². The molecular weight excluding hydrogens is 369 g/mol. The number of carbonyl (C=O) groups excluding carboxylic acids is 1. The van der Waals surface area contributed by atoms with Crippen molar-refractivity contribution in [1.82, 2.24) is 10.4 Å². The minimum absolute atomic E-state index is 0.0266. The van der Waals surface area contributed by atoms with E-state index >= 15 is 0 Å². The van der Waals surface area contributed by atoms with Crippen molar-refractivity contribution in [3.05, 3.63) is 42.0 Å². The van der Waals surface area contributed by atoms with E-state index in [-0.39, 0.29) is 12.1 Å². The second-order valence-electron chi connectivity index (χ2n) is 8.85. The number of amides is 1. The number of ether oxygens (including phenoxy) is 1. The molecule has 1 atom stereocenters. The molecule has 0 aliphatic carbocycles. The Hall–Kier alpha value is -2.28. The van der Waals surface area contributed by atoms with Gasteiger partial charge in [-0.15, -0.1) is 0 Å². The van der Waals surface area contributed by atoms with Gasteiger partial charge in [-0.3, -0.25) is 10.2 Å². The molecule has 1 fully saturated rings. The Morgan fingerprint density at radius 3 is 2.36 bits per heavy atom. The number of carbonyl (C=O) groups is 1. The molecule has 1 aliphatic rings. The third-order valence-electron chi connectivity index (χ3n) is 4.64. The number of halogens is 3. The van der Waals surface area contributed by atoms with Crippen LogP contribution in [-0.2, 0) is 4.79 Å². The van der Waals surface area contributed by atoms with Crippen molar-refractivity contribution in [3.8, 4) is 5.75 Å². The van der Waals surface area contributed by atoms with Gasteiger partial charge >= 0.3 is 6.18 Å². The third kappa shape index (κ3) is 4.09. The zero-order valence-electron chi connectivity index (χ0n) is 16.6. The number of nitrogens with one attached hydrogen (secondary N) is 1. The van der Waals surface area contributed by atoms with E-state index in [9.17, 15) is 18.0 Å². The highest BCUT2D eigenvalue weighted by Gasteiger charge is 2.51. The van der Waals surface area contributed by atoms with Crippen LogP contribution >= 0.6 is 0 Å². The first kappa shape index (κ1) is 20.5. The maximum absolute atomic E-state index is 13.9. The molecule has 0 bridgehead atoms. The van der Waals surface area contributed by atoms with E-state index in [1.54, 1.807) is 38.1 Å². The number of benzene rings is 2. The molecule has 1 N–H and O–H groups in total. The van der Waals surface area contributed by atoms with Crippen LogP contribution in [0, 0.1) is 5.41 Å². The van der Waals surface area contributed by atoms with E-state index in [0.29, 0.717) is 11.1 Å². The van der Waals surface area contributed by atoms with E-state index in [4.69, 9.17) is 4.74 Å². The zero-order valence-corrected chi connectivity index (χ0v) is 16.6. The molecule has 0 radical (unpaired) electrons. The summed E-state index contributed by atoms with van der Waals surface area (Å²) < 4.78 is 47.7. The van der Waals surface area contributed by atoms with E-state index in [1.165, 1.54) is 12.1 Å². The SMILES string of the molecule is CC(C)(C)Oc1cccc2cc([C@H](N3CC(C)(C)C(=O)N3)C(F)(F)F)ccc12. The molecule has 0 aromatic heterocycles. The van der Waals surface area contributed by atoms with Crippen LogP contribution in [-0.4, -0.2) is 29.2 Å². The van der Waals surface area contributed by atoms with Crippen molar-refractivity contribution >= 4 is 16.7 Å². The molecule has 152 valence electrons. The predicted molar refractivity (Wildman–Crippen MR) is 102 cm³/mol. The normalized spacial score (nSPS) is 18.9. The van der Waals surface area contributed by atoms with Crippen molar-refractivity contribution in [2.24, 2.45) is 5.41 Å². The maximum atomic E-state index is 13.9. The van der Waals surface area contributed by atoms with Crippen LogP contribution < -0.4 is 10.2 Å². The maximum Gasteiger partial charge on any atom is 0.409 e. The molecule has 2 aromatic rings. The fraction of sp³-hybridized carbons (Fsp3) is 0.476. The summed E-state index contributed by atoms with van der Waals surface area (Å²) in [5.41, 5.74) is 1.16. The molecule has 4 nitrogen and oxygen atoms in total. The molecule has 2 aromatic carbocycles. The van der Waals surface area contributed by atoms with E-state index in [2.05, 4.69) is 5.43 Å². The summed E-state index contributed by atoms with van der Waals surface area (Å²) in [4.78, 5) is 12.0. The number of hydrogen-bond acceptors (Lipinski definition) is 3. The molecule has 1 saturated heterocycles. The predicted octanol–water partition coefficient (Wildman–Crippen LogP) is 4.99. The van der Waals surface area contributed by atoms with Gasteiger partial charge in [-0.1, -0.05) is 24.3 Å². The van der Waals surface area contributed by atoms with E-state index in [0.717, 1.165) is 10.4 Å². The van der Waals surface area contributed by atoms with Gasteiger partial charge in [0.2, 0.25) is 5.91 Å². The Labute approximate surface area is 162 Å². The summed E-state index contributed by atoms with van der Waals surface area (Å²) in [5, 5.41) is 2.38. The van der Waals surface area contributed by atoms with Gasteiger partial charge in [0.25, 0.3) is 0 Å². The zero-order chi connectivity index (χ0) is 20.9. The molecular formula is C21H25F3N2O2. The van der Waals surface area contributed by atoms with Crippen molar-refractivity contribution in [2.75, 3.05) is 6.54 Å². The summed E-state index contributed by atoms with van der Waals surface area (Å²) in [6.07, 6.45) is -4.54. The lowest BCUT2D eigenvalue weighted by molar-refractivity contribution is -0.191. The molecule has 1 aliphatic heterocycles. The molecule has 0 unspecified atom stereocenters. The average Bonchev–Trinajstić information content (AvgIpc) is 2.77. The number of rotatable bonds is 3. The summed E-state index contributed by atoms with van der Waals surface area (Å²) >= 11 is 0. The van der Waals surface area contributed by atoms with Crippen LogP contribution in [0.15, 0.2) is 36.4 Å². The Balaban J connectivity index is 2.04. The number of hydrazine groups is 1. The second kappa shape index (κ2) is 6.65. The minimum atomic E-state index is -4.54. The Morgan fingerprint density at radius 2 is 1.82 bits per heavy atom. The Bertz CT molecular complexity index is 901. The average molecular weight is 394 g/mol. The van der Waals surface area contributed by atoms with Crippen molar-refractivity contribution in [1.29, 1.82) is 0 Å². The highest BCUT2D eigenvalue weighted by atomic mass is 19.4. The lowest BCUT2D eigenvalue weighted by atomic mass is 9.93. The van der Waals surface area contributed by atoms with E-state index in [1.807, 2.05) is 20.8 Å². The van der Waals surface area contributed by atoms with Crippen LogP contribution in [0.5, 0.6) is 5.75 Å². The van der Waals surface area contributed by atoms with Gasteiger partial charge < -0.3 is 4.74 Å². The first-order chi connectivity index (χ1) is 12.8. The highest BCUT2D eigenvalue weighted by molar-refractivity contribution is 5.89. The molecule has 0 spiro atoms. The monoisotopic (exact) mass is 394 g/mol. The smallest absolute Gasteiger partial charge is 0.409 e. The van der Waals surface area contributed by atoms with Crippen LogP contribution in [0.2, 0.25) is 0 Å². The van der Waals surface area contributed by atoms with Gasteiger partial charge in [0, 0.05) is 11.9 Å². The van der Waals surface area contributed by atoms with Gasteiger partial charge in [-0.25, -0.2) is 5.01 Å². The molecule has 3 rings (SSSR count). The summed E-state index contributed by atoms with van der Waals surface area (Å²) in [6, 6.07) is 8.01. The minimum Gasteiger partial charge on any atom is -0.488 e. The summed E-state index contributed by atoms with van der Waals surface area (Å²) in [5.74, 6) is 0.208. The van der Waals surface area contributed by atoms with Crippen LogP contribution in [0.25, 0.3) is 10.8 Å². The molecule has 1 heterocycles. The summed E-state index contributed by atoms with van der Waals surface area (Å²) in [7, 11) is 0. The quantitative estimate of drug-likeness (QED) is 0.797. The first-order valence-corrected chi connectivity index (χ1v) is 9.14. The van der Waals surface area contributed by atoms with Crippen molar-refractivity contribution in [2.45, 2.75) is 52.4 Å². The second-order valence-corrected chi connectivity index (χ2v) is 8.85. The number of hydrogen-bond donors (Lipinski definition) is 1.